The van der Waals surface area contributed by atoms with Gasteiger partial charge in [-0.1, -0.05) is 12.1 Å². The van der Waals surface area contributed by atoms with Crippen molar-refractivity contribution in [2.45, 2.75) is 44.7 Å². The number of hydrogen-bond donors (Lipinski definition) is 2. The average molecular weight is 370 g/mol. The smallest absolute Gasteiger partial charge is 0.234 e. The van der Waals surface area contributed by atoms with E-state index in [9.17, 15) is 9.18 Å². The molecule has 0 radical (unpaired) electrons. The minimum atomic E-state index is -0.254. The first-order chi connectivity index (χ1) is 11.6. The molecule has 2 N–H and O–H groups in total. The van der Waals surface area contributed by atoms with Crippen LogP contribution in [0.15, 0.2) is 24.3 Å². The predicted molar refractivity (Wildman–Crippen MR) is 100 cm³/mol. The average Bonchev–Trinajstić information content (AvgIpc) is 3.39. The molecule has 0 aromatic heterocycles. The summed E-state index contributed by atoms with van der Waals surface area (Å²) in [6.45, 7) is 5.49. The van der Waals surface area contributed by atoms with E-state index in [0.717, 1.165) is 37.4 Å². The van der Waals surface area contributed by atoms with Crippen molar-refractivity contribution in [2.24, 2.45) is 5.92 Å². The normalized spacial score (nSPS) is 19.9. The molecule has 4 nitrogen and oxygen atoms in total. The van der Waals surface area contributed by atoms with Gasteiger partial charge in [0.25, 0.3) is 0 Å². The summed E-state index contributed by atoms with van der Waals surface area (Å²) in [6.07, 6.45) is 5.01. The van der Waals surface area contributed by atoms with Gasteiger partial charge in [0.2, 0.25) is 5.91 Å². The highest BCUT2D eigenvalue weighted by molar-refractivity contribution is 5.85. The summed E-state index contributed by atoms with van der Waals surface area (Å²) in [5.41, 5.74) is 0.924. The number of amides is 1. The van der Waals surface area contributed by atoms with Crippen LogP contribution >= 0.6 is 12.4 Å². The summed E-state index contributed by atoms with van der Waals surface area (Å²) in [7, 11) is 0. The lowest BCUT2D eigenvalue weighted by molar-refractivity contribution is -0.123. The summed E-state index contributed by atoms with van der Waals surface area (Å²) in [5.74, 6) is 0.702. The van der Waals surface area contributed by atoms with E-state index < -0.39 is 0 Å². The fourth-order valence-corrected chi connectivity index (χ4v) is 3.28. The zero-order valence-corrected chi connectivity index (χ0v) is 15.7. The Balaban J connectivity index is 0.00000225. The third-order valence-corrected chi connectivity index (χ3v) is 5.09. The van der Waals surface area contributed by atoms with Gasteiger partial charge in [0.1, 0.15) is 5.82 Å². The van der Waals surface area contributed by atoms with Crippen molar-refractivity contribution in [2.75, 3.05) is 26.2 Å². The molecule has 1 amide bonds. The highest BCUT2D eigenvalue weighted by atomic mass is 35.5. The van der Waals surface area contributed by atoms with Crippen molar-refractivity contribution < 1.29 is 9.18 Å². The molecule has 1 heterocycles. The maximum atomic E-state index is 13.0. The summed E-state index contributed by atoms with van der Waals surface area (Å²) >= 11 is 0. The summed E-state index contributed by atoms with van der Waals surface area (Å²) in [6, 6.07) is 6.81. The molecule has 1 aromatic rings. The van der Waals surface area contributed by atoms with Crippen molar-refractivity contribution in [1.82, 2.24) is 15.5 Å². The van der Waals surface area contributed by atoms with Gasteiger partial charge in [0.15, 0.2) is 0 Å². The third kappa shape index (κ3) is 6.57. The highest BCUT2D eigenvalue weighted by Crippen LogP contribution is 2.28. The second-order valence-corrected chi connectivity index (χ2v) is 7.24. The number of likely N-dealkylation sites (tertiary alicyclic amines) is 1. The van der Waals surface area contributed by atoms with Crippen LogP contribution in [0.4, 0.5) is 4.39 Å². The van der Waals surface area contributed by atoms with E-state index in [-0.39, 0.29) is 30.2 Å². The largest absolute Gasteiger partial charge is 0.348 e. The number of piperidine rings is 1. The number of rotatable bonds is 7. The maximum absolute atomic E-state index is 13.0. The zero-order valence-electron chi connectivity index (χ0n) is 14.8. The quantitative estimate of drug-likeness (QED) is 0.776. The van der Waals surface area contributed by atoms with E-state index in [4.69, 9.17) is 0 Å². The van der Waals surface area contributed by atoms with Gasteiger partial charge in [0, 0.05) is 19.1 Å². The van der Waals surface area contributed by atoms with Gasteiger partial charge in [-0.05, 0) is 62.8 Å². The predicted octanol–water partition coefficient (Wildman–Crippen LogP) is 2.89. The van der Waals surface area contributed by atoms with E-state index in [0.29, 0.717) is 12.6 Å². The molecular formula is C19H29ClFN3O. The molecule has 1 unspecified atom stereocenters. The first-order valence-corrected chi connectivity index (χ1v) is 9.10. The molecular weight excluding hydrogens is 341 g/mol. The molecule has 0 spiro atoms. The molecule has 1 saturated heterocycles. The minimum Gasteiger partial charge on any atom is -0.348 e. The number of hydrogen-bond acceptors (Lipinski definition) is 3. The lowest BCUT2D eigenvalue weighted by Crippen LogP contribution is -2.46. The van der Waals surface area contributed by atoms with Crippen LogP contribution in [0.5, 0.6) is 0 Å². The van der Waals surface area contributed by atoms with Crippen LogP contribution < -0.4 is 10.6 Å². The molecule has 2 fully saturated rings. The van der Waals surface area contributed by atoms with Crippen molar-refractivity contribution in [3.8, 4) is 0 Å². The van der Waals surface area contributed by atoms with Gasteiger partial charge < -0.3 is 10.6 Å². The van der Waals surface area contributed by atoms with E-state index in [1.165, 1.54) is 31.5 Å². The first-order valence-electron chi connectivity index (χ1n) is 9.10. The van der Waals surface area contributed by atoms with Crippen molar-refractivity contribution in [3.05, 3.63) is 35.6 Å². The Labute approximate surface area is 156 Å². The zero-order chi connectivity index (χ0) is 16.9. The van der Waals surface area contributed by atoms with Gasteiger partial charge >= 0.3 is 0 Å². The minimum absolute atomic E-state index is 0. The van der Waals surface area contributed by atoms with Crippen molar-refractivity contribution >= 4 is 18.3 Å². The Morgan fingerprint density at radius 2 is 1.84 bits per heavy atom. The summed E-state index contributed by atoms with van der Waals surface area (Å²) in [4.78, 5) is 14.4. The molecule has 2 aliphatic rings. The molecule has 1 aliphatic heterocycles. The van der Waals surface area contributed by atoms with E-state index in [1.807, 2.05) is 6.92 Å². The second kappa shape index (κ2) is 9.51. The Hall–Kier alpha value is -1.17. The van der Waals surface area contributed by atoms with E-state index >= 15 is 0 Å². The monoisotopic (exact) mass is 369 g/mol. The lowest BCUT2D eigenvalue weighted by atomic mass is 10.0. The van der Waals surface area contributed by atoms with Crippen LogP contribution in [0.3, 0.4) is 0 Å². The summed E-state index contributed by atoms with van der Waals surface area (Å²) < 4.78 is 13.0. The molecule has 3 rings (SSSR count). The van der Waals surface area contributed by atoms with Gasteiger partial charge in [-0.15, -0.1) is 12.4 Å². The Kier molecular flexibility index (Phi) is 7.66. The molecule has 0 bridgehead atoms. The Morgan fingerprint density at radius 3 is 2.44 bits per heavy atom. The molecule has 25 heavy (non-hydrogen) atoms. The topological polar surface area (TPSA) is 44.4 Å². The first kappa shape index (κ1) is 20.1. The molecule has 6 heteroatoms. The van der Waals surface area contributed by atoms with Crippen LogP contribution in [0.1, 0.15) is 44.2 Å². The number of benzene rings is 1. The number of carbonyl (C=O) groups excluding carboxylic acids is 1. The number of carbonyl (C=O) groups is 1. The van der Waals surface area contributed by atoms with Crippen LogP contribution in [-0.4, -0.2) is 43.0 Å². The number of nitrogens with zero attached hydrogens (tertiary/aromatic N) is 1. The molecule has 1 saturated carbocycles. The van der Waals surface area contributed by atoms with Gasteiger partial charge in [-0.25, -0.2) is 4.39 Å². The van der Waals surface area contributed by atoms with Gasteiger partial charge in [0.05, 0.1) is 12.6 Å². The molecule has 1 atom stereocenters. The lowest BCUT2D eigenvalue weighted by Gasteiger charge is -2.32. The van der Waals surface area contributed by atoms with Crippen LogP contribution in [-0.2, 0) is 4.79 Å². The van der Waals surface area contributed by atoms with Crippen LogP contribution in [0.25, 0.3) is 0 Å². The number of nitrogens with one attached hydrogen (secondary N) is 2. The fourth-order valence-electron chi connectivity index (χ4n) is 3.28. The summed E-state index contributed by atoms with van der Waals surface area (Å²) in [5, 5.41) is 6.66. The van der Waals surface area contributed by atoms with E-state index in [1.54, 1.807) is 12.1 Å². The van der Waals surface area contributed by atoms with Crippen molar-refractivity contribution in [1.29, 1.82) is 0 Å². The molecule has 140 valence electrons. The van der Waals surface area contributed by atoms with Gasteiger partial charge in [-0.3, -0.25) is 9.69 Å². The SMILES string of the molecule is CC(NC(=O)CN1CCC(NCC2CC2)CC1)c1ccc(F)cc1.Cl. The molecule has 1 aliphatic carbocycles. The Morgan fingerprint density at radius 1 is 1.20 bits per heavy atom. The van der Waals surface area contributed by atoms with Crippen molar-refractivity contribution in [3.63, 3.8) is 0 Å². The number of halogens is 2. The second-order valence-electron chi connectivity index (χ2n) is 7.24. The van der Waals surface area contributed by atoms with Gasteiger partial charge in [-0.2, -0.15) is 0 Å². The fraction of sp³-hybridized carbons (Fsp3) is 0.632. The van der Waals surface area contributed by atoms with E-state index in [2.05, 4.69) is 15.5 Å². The highest BCUT2D eigenvalue weighted by Gasteiger charge is 2.25. The molecule has 1 aromatic carbocycles. The Bertz CT molecular complexity index is 542. The third-order valence-electron chi connectivity index (χ3n) is 5.09. The standard InChI is InChI=1S/C19H28FN3O.ClH/c1-14(16-4-6-17(20)7-5-16)22-19(24)13-23-10-8-18(9-11-23)21-12-15-2-3-15;/h4-7,14-15,18,21H,2-3,8-13H2,1H3,(H,22,24);1H. The maximum Gasteiger partial charge on any atom is 0.234 e. The van der Waals surface area contributed by atoms with Crippen LogP contribution in [0, 0.1) is 11.7 Å². The van der Waals surface area contributed by atoms with Crippen LogP contribution in [0.2, 0.25) is 0 Å².